The van der Waals surface area contributed by atoms with Crippen molar-refractivity contribution >= 4 is 21.6 Å². The van der Waals surface area contributed by atoms with Crippen molar-refractivity contribution < 1.29 is 4.39 Å². The van der Waals surface area contributed by atoms with Gasteiger partial charge in [0.15, 0.2) is 0 Å². The molecule has 0 unspecified atom stereocenters. The van der Waals surface area contributed by atoms with Gasteiger partial charge in [0.1, 0.15) is 12.1 Å². The smallest absolute Gasteiger partial charge is 0.145 e. The molecule has 1 aromatic heterocycles. The first-order chi connectivity index (χ1) is 7.18. The lowest BCUT2D eigenvalue weighted by molar-refractivity contribution is 0.625. The molecule has 3 nitrogen and oxygen atoms in total. The molecule has 15 heavy (non-hydrogen) atoms. The molecular weight excluding hydrogens is 261 g/mol. The molecule has 0 aliphatic heterocycles. The van der Waals surface area contributed by atoms with Gasteiger partial charge < -0.3 is 5.73 Å². The van der Waals surface area contributed by atoms with Gasteiger partial charge in [-0.15, -0.1) is 0 Å². The first-order valence-electron chi connectivity index (χ1n) is 4.18. The molecule has 0 saturated heterocycles. The quantitative estimate of drug-likeness (QED) is 0.809. The summed E-state index contributed by atoms with van der Waals surface area (Å²) in [5.74, 6) is -0.362. The molecule has 0 bridgehead atoms. The molecule has 1 aromatic carbocycles. The van der Waals surface area contributed by atoms with Crippen LogP contribution in [0.25, 0.3) is 11.1 Å². The van der Waals surface area contributed by atoms with Gasteiger partial charge in [-0.05, 0) is 28.1 Å². The van der Waals surface area contributed by atoms with Crippen molar-refractivity contribution in [2.24, 2.45) is 0 Å². The van der Waals surface area contributed by atoms with Gasteiger partial charge in [0, 0.05) is 29.2 Å². The number of aromatic nitrogens is 2. The number of nitrogen functional groups attached to an aromatic ring is 1. The summed E-state index contributed by atoms with van der Waals surface area (Å²) in [6, 6.07) is 3.07. The Morgan fingerprint density at radius 2 is 1.87 bits per heavy atom. The van der Waals surface area contributed by atoms with E-state index in [1.54, 1.807) is 6.07 Å². The molecular formula is C10H7BrFN3. The normalized spacial score (nSPS) is 10.3. The van der Waals surface area contributed by atoms with Crippen molar-refractivity contribution in [1.29, 1.82) is 0 Å². The van der Waals surface area contributed by atoms with Gasteiger partial charge in [0.2, 0.25) is 0 Å². The largest absolute Gasteiger partial charge is 0.399 e. The van der Waals surface area contributed by atoms with Gasteiger partial charge in [-0.2, -0.15) is 0 Å². The third-order valence-electron chi connectivity index (χ3n) is 1.92. The standard InChI is InChI=1S/C10H7BrFN3/c11-9-2-7(13)1-8(10(9)12)6-3-14-5-15-4-6/h1-5H,13H2. The lowest BCUT2D eigenvalue weighted by atomic mass is 10.1. The van der Waals surface area contributed by atoms with Crippen LogP contribution in [0.15, 0.2) is 35.3 Å². The van der Waals surface area contributed by atoms with E-state index in [0.717, 1.165) is 0 Å². The number of benzene rings is 1. The van der Waals surface area contributed by atoms with Gasteiger partial charge in [0.25, 0.3) is 0 Å². The molecule has 2 rings (SSSR count). The molecule has 0 aliphatic rings. The zero-order valence-electron chi connectivity index (χ0n) is 7.61. The van der Waals surface area contributed by atoms with Crippen molar-refractivity contribution in [3.8, 4) is 11.1 Å². The lowest BCUT2D eigenvalue weighted by Crippen LogP contribution is -1.92. The van der Waals surface area contributed by atoms with E-state index in [9.17, 15) is 4.39 Å². The second kappa shape index (κ2) is 3.94. The van der Waals surface area contributed by atoms with Crippen LogP contribution in [-0.4, -0.2) is 9.97 Å². The monoisotopic (exact) mass is 267 g/mol. The van der Waals surface area contributed by atoms with Crippen LogP contribution in [0.3, 0.4) is 0 Å². The van der Waals surface area contributed by atoms with Crippen molar-refractivity contribution in [3.63, 3.8) is 0 Å². The van der Waals surface area contributed by atoms with E-state index in [1.807, 2.05) is 0 Å². The minimum atomic E-state index is -0.362. The van der Waals surface area contributed by atoms with E-state index in [4.69, 9.17) is 5.73 Å². The van der Waals surface area contributed by atoms with E-state index >= 15 is 0 Å². The maximum atomic E-state index is 13.7. The fourth-order valence-electron chi connectivity index (χ4n) is 1.26. The molecule has 2 N–H and O–H groups in total. The number of nitrogens with zero attached hydrogens (tertiary/aromatic N) is 2. The highest BCUT2D eigenvalue weighted by Gasteiger charge is 2.10. The van der Waals surface area contributed by atoms with Crippen molar-refractivity contribution in [2.45, 2.75) is 0 Å². The second-order valence-corrected chi connectivity index (χ2v) is 3.85. The molecule has 2 aromatic rings. The Hall–Kier alpha value is -1.49. The fourth-order valence-corrected chi connectivity index (χ4v) is 1.74. The van der Waals surface area contributed by atoms with Crippen molar-refractivity contribution in [1.82, 2.24) is 9.97 Å². The van der Waals surface area contributed by atoms with Gasteiger partial charge in [-0.1, -0.05) is 0 Å². The fraction of sp³-hybridized carbons (Fsp3) is 0. The summed E-state index contributed by atoms with van der Waals surface area (Å²) < 4.78 is 14.0. The summed E-state index contributed by atoms with van der Waals surface area (Å²) in [5, 5.41) is 0. The average molecular weight is 268 g/mol. The lowest BCUT2D eigenvalue weighted by Gasteiger charge is -2.05. The van der Waals surface area contributed by atoms with Crippen LogP contribution in [0.2, 0.25) is 0 Å². The Bertz CT molecular complexity index is 488. The molecule has 0 aliphatic carbocycles. The molecule has 0 amide bonds. The molecule has 0 spiro atoms. The van der Waals surface area contributed by atoms with E-state index in [0.29, 0.717) is 21.3 Å². The molecule has 0 radical (unpaired) electrons. The summed E-state index contributed by atoms with van der Waals surface area (Å²) in [6.45, 7) is 0. The Kier molecular flexibility index (Phi) is 2.64. The summed E-state index contributed by atoms with van der Waals surface area (Å²) >= 11 is 3.10. The Morgan fingerprint density at radius 3 is 2.53 bits per heavy atom. The van der Waals surface area contributed by atoms with Crippen LogP contribution >= 0.6 is 15.9 Å². The first kappa shape index (κ1) is 10.0. The first-order valence-corrected chi connectivity index (χ1v) is 4.97. The van der Waals surface area contributed by atoms with E-state index in [1.165, 1.54) is 24.8 Å². The zero-order chi connectivity index (χ0) is 10.8. The predicted octanol–water partition coefficient (Wildman–Crippen LogP) is 2.63. The number of nitrogens with two attached hydrogens (primary N) is 1. The average Bonchev–Trinajstić information content (AvgIpc) is 2.24. The van der Waals surface area contributed by atoms with Crippen LogP contribution in [-0.2, 0) is 0 Å². The number of halogens is 2. The van der Waals surface area contributed by atoms with Gasteiger partial charge in [-0.3, -0.25) is 0 Å². The van der Waals surface area contributed by atoms with Crippen LogP contribution in [0, 0.1) is 5.82 Å². The maximum Gasteiger partial charge on any atom is 0.145 e. The topological polar surface area (TPSA) is 51.8 Å². The van der Waals surface area contributed by atoms with E-state index in [2.05, 4.69) is 25.9 Å². The van der Waals surface area contributed by atoms with Crippen molar-refractivity contribution in [2.75, 3.05) is 5.73 Å². The summed E-state index contributed by atoms with van der Waals surface area (Å²) in [7, 11) is 0. The molecule has 1 heterocycles. The third-order valence-corrected chi connectivity index (χ3v) is 2.50. The third kappa shape index (κ3) is 1.97. The number of rotatable bonds is 1. The number of hydrogen-bond donors (Lipinski definition) is 1. The van der Waals surface area contributed by atoms with E-state index < -0.39 is 0 Å². The molecule has 0 atom stereocenters. The van der Waals surface area contributed by atoms with Gasteiger partial charge in [0.05, 0.1) is 4.47 Å². The van der Waals surface area contributed by atoms with Crippen LogP contribution in [0.4, 0.5) is 10.1 Å². The molecule has 76 valence electrons. The Morgan fingerprint density at radius 1 is 1.20 bits per heavy atom. The van der Waals surface area contributed by atoms with E-state index in [-0.39, 0.29) is 5.82 Å². The minimum Gasteiger partial charge on any atom is -0.399 e. The summed E-state index contributed by atoms with van der Waals surface area (Å²) in [6.07, 6.45) is 4.47. The summed E-state index contributed by atoms with van der Waals surface area (Å²) in [5.41, 5.74) is 7.11. The van der Waals surface area contributed by atoms with Crippen LogP contribution in [0.5, 0.6) is 0 Å². The maximum absolute atomic E-state index is 13.7. The Balaban J connectivity index is 2.63. The molecule has 0 fully saturated rings. The minimum absolute atomic E-state index is 0.335. The van der Waals surface area contributed by atoms with Gasteiger partial charge >= 0.3 is 0 Å². The highest BCUT2D eigenvalue weighted by atomic mass is 79.9. The van der Waals surface area contributed by atoms with Crippen LogP contribution in [0.1, 0.15) is 0 Å². The predicted molar refractivity (Wildman–Crippen MR) is 59.5 cm³/mol. The highest BCUT2D eigenvalue weighted by Crippen LogP contribution is 2.29. The second-order valence-electron chi connectivity index (χ2n) is 2.99. The highest BCUT2D eigenvalue weighted by molar-refractivity contribution is 9.10. The zero-order valence-corrected chi connectivity index (χ0v) is 9.20. The van der Waals surface area contributed by atoms with Crippen LogP contribution < -0.4 is 5.73 Å². The van der Waals surface area contributed by atoms with Crippen molar-refractivity contribution in [3.05, 3.63) is 41.1 Å². The number of anilines is 1. The molecule has 0 saturated carbocycles. The summed E-state index contributed by atoms with van der Waals surface area (Å²) in [4.78, 5) is 7.66. The van der Waals surface area contributed by atoms with Gasteiger partial charge in [-0.25, -0.2) is 14.4 Å². The number of hydrogen-bond acceptors (Lipinski definition) is 3. The SMILES string of the molecule is Nc1cc(Br)c(F)c(-c2cncnc2)c1. The molecule has 5 heteroatoms. The Labute approximate surface area is 94.3 Å².